The molecular weight excluding hydrogens is 286 g/mol. The lowest BCUT2D eigenvalue weighted by molar-refractivity contribution is -0.143. The summed E-state index contributed by atoms with van der Waals surface area (Å²) < 4.78 is 30.5. The van der Waals surface area contributed by atoms with Gasteiger partial charge in [0.25, 0.3) is 0 Å². The first-order valence-electron chi connectivity index (χ1n) is 6.64. The van der Waals surface area contributed by atoms with Gasteiger partial charge in [0.15, 0.2) is 0 Å². The summed E-state index contributed by atoms with van der Waals surface area (Å²) in [6.45, 7) is 1.93. The van der Waals surface area contributed by atoms with E-state index < -0.39 is 33.1 Å². The molecule has 20 heavy (non-hydrogen) atoms. The summed E-state index contributed by atoms with van der Waals surface area (Å²) in [6, 6.07) is 0. The molecule has 0 spiro atoms. The van der Waals surface area contributed by atoms with E-state index in [1.54, 1.807) is 6.92 Å². The fourth-order valence-corrected chi connectivity index (χ4v) is 4.35. The number of ether oxygens (including phenoxy) is 1. The molecule has 2 unspecified atom stereocenters. The van der Waals surface area contributed by atoms with Crippen molar-refractivity contribution in [2.75, 3.05) is 20.2 Å². The lowest BCUT2D eigenvalue weighted by Gasteiger charge is -2.23. The lowest BCUT2D eigenvalue weighted by atomic mass is 10.1. The van der Waals surface area contributed by atoms with Gasteiger partial charge in [-0.05, 0) is 19.8 Å². The van der Waals surface area contributed by atoms with Crippen molar-refractivity contribution in [1.29, 1.82) is 0 Å². The van der Waals surface area contributed by atoms with Gasteiger partial charge < -0.3 is 9.84 Å². The minimum Gasteiger partial charge on any atom is -0.481 e. The maximum Gasteiger partial charge on any atom is 0.307 e. The van der Waals surface area contributed by atoms with Crippen molar-refractivity contribution in [1.82, 2.24) is 4.31 Å². The highest BCUT2D eigenvalue weighted by Crippen LogP contribution is 2.32. The first-order chi connectivity index (χ1) is 9.30. The molecule has 1 saturated carbocycles. The van der Waals surface area contributed by atoms with Crippen LogP contribution in [0, 0.1) is 5.92 Å². The first-order valence-corrected chi connectivity index (χ1v) is 8.14. The first kappa shape index (κ1) is 16.9. The average Bonchev–Trinajstić information content (AvgIpc) is 2.86. The number of nitrogens with zero attached hydrogens (tertiary/aromatic N) is 1. The number of carboxylic acids is 1. The summed E-state index contributed by atoms with van der Waals surface area (Å²) in [4.78, 5) is 22.3. The molecule has 1 rings (SSSR count). The maximum absolute atomic E-state index is 12.3. The molecule has 0 amide bonds. The van der Waals surface area contributed by atoms with Crippen molar-refractivity contribution < 1.29 is 27.9 Å². The molecule has 0 radical (unpaired) electrons. The highest BCUT2D eigenvalue weighted by molar-refractivity contribution is 7.89. The molecule has 1 aliphatic carbocycles. The predicted molar refractivity (Wildman–Crippen MR) is 71.6 cm³/mol. The van der Waals surface area contributed by atoms with Gasteiger partial charge >= 0.3 is 11.9 Å². The Morgan fingerprint density at radius 1 is 1.35 bits per heavy atom. The quantitative estimate of drug-likeness (QED) is 0.685. The third-order valence-electron chi connectivity index (χ3n) is 3.52. The predicted octanol–water partition coefficient (Wildman–Crippen LogP) is 0.455. The molecule has 0 aromatic rings. The molecule has 0 saturated heterocycles. The molecule has 2 atom stereocenters. The van der Waals surface area contributed by atoms with E-state index in [4.69, 9.17) is 9.84 Å². The summed E-state index contributed by atoms with van der Waals surface area (Å²) in [5, 5.41) is 8.16. The number of esters is 1. The molecule has 116 valence electrons. The summed E-state index contributed by atoms with van der Waals surface area (Å²) >= 11 is 0. The van der Waals surface area contributed by atoms with E-state index in [0.29, 0.717) is 19.3 Å². The molecule has 1 N–H and O–H groups in total. The average molecular weight is 307 g/mol. The van der Waals surface area contributed by atoms with E-state index >= 15 is 0 Å². The summed E-state index contributed by atoms with van der Waals surface area (Å²) in [5.74, 6) is -2.39. The van der Waals surface area contributed by atoms with Gasteiger partial charge in [-0.25, -0.2) is 12.7 Å². The van der Waals surface area contributed by atoms with Crippen LogP contribution in [0.25, 0.3) is 0 Å². The van der Waals surface area contributed by atoms with Gasteiger partial charge in [-0.3, -0.25) is 9.59 Å². The van der Waals surface area contributed by atoms with Crippen LogP contribution in [0.15, 0.2) is 0 Å². The minimum atomic E-state index is -3.70. The Labute approximate surface area is 118 Å². The van der Waals surface area contributed by atoms with Crippen molar-refractivity contribution in [3.8, 4) is 0 Å². The van der Waals surface area contributed by atoms with Crippen LogP contribution in [0.3, 0.4) is 0 Å². The molecule has 7 nitrogen and oxygen atoms in total. The second-order valence-corrected chi connectivity index (χ2v) is 7.09. The Kier molecular flexibility index (Phi) is 5.94. The van der Waals surface area contributed by atoms with Gasteiger partial charge in [0.1, 0.15) is 0 Å². The molecule has 8 heteroatoms. The van der Waals surface area contributed by atoms with Crippen molar-refractivity contribution in [2.24, 2.45) is 5.92 Å². The van der Waals surface area contributed by atoms with Crippen molar-refractivity contribution in [3.05, 3.63) is 0 Å². The third kappa shape index (κ3) is 3.92. The Hall–Kier alpha value is -1.15. The van der Waals surface area contributed by atoms with Gasteiger partial charge in [-0.1, -0.05) is 6.42 Å². The third-order valence-corrected chi connectivity index (χ3v) is 5.90. The van der Waals surface area contributed by atoms with Crippen LogP contribution in [0.1, 0.15) is 32.6 Å². The largest absolute Gasteiger partial charge is 0.481 e. The van der Waals surface area contributed by atoms with Crippen LogP contribution in [0.5, 0.6) is 0 Å². The number of hydrogen-bond acceptors (Lipinski definition) is 5. The zero-order valence-corrected chi connectivity index (χ0v) is 12.6. The highest BCUT2D eigenvalue weighted by atomic mass is 32.2. The van der Waals surface area contributed by atoms with E-state index in [-0.39, 0.29) is 19.6 Å². The van der Waals surface area contributed by atoms with Gasteiger partial charge in [0.2, 0.25) is 10.0 Å². The number of carbonyl (C=O) groups excluding carboxylic acids is 1. The molecule has 1 aliphatic rings. The molecule has 0 bridgehead atoms. The van der Waals surface area contributed by atoms with Crippen molar-refractivity contribution >= 4 is 22.0 Å². The van der Waals surface area contributed by atoms with Crippen LogP contribution in [0.4, 0.5) is 0 Å². The summed E-state index contributed by atoms with van der Waals surface area (Å²) in [7, 11) is -2.33. The van der Waals surface area contributed by atoms with Gasteiger partial charge in [0.05, 0.1) is 24.2 Å². The van der Waals surface area contributed by atoms with Crippen LogP contribution in [0.2, 0.25) is 0 Å². The molecule has 1 fully saturated rings. The van der Waals surface area contributed by atoms with E-state index in [1.165, 1.54) is 7.05 Å². The number of hydrogen-bond donors (Lipinski definition) is 1. The fraction of sp³-hybridized carbons (Fsp3) is 0.833. The van der Waals surface area contributed by atoms with Gasteiger partial charge in [0, 0.05) is 13.6 Å². The van der Waals surface area contributed by atoms with E-state index in [2.05, 4.69) is 0 Å². The number of carbonyl (C=O) groups is 2. The second kappa shape index (κ2) is 7.03. The normalized spacial score (nSPS) is 22.9. The smallest absolute Gasteiger partial charge is 0.307 e. The minimum absolute atomic E-state index is 0.00397. The second-order valence-electron chi connectivity index (χ2n) is 4.84. The highest BCUT2D eigenvalue weighted by Gasteiger charge is 2.43. The zero-order valence-electron chi connectivity index (χ0n) is 11.7. The van der Waals surface area contributed by atoms with E-state index in [0.717, 1.165) is 4.31 Å². The van der Waals surface area contributed by atoms with Crippen LogP contribution < -0.4 is 0 Å². The number of sulfonamides is 1. The van der Waals surface area contributed by atoms with E-state index in [9.17, 15) is 18.0 Å². The topological polar surface area (TPSA) is 101 Å². The van der Waals surface area contributed by atoms with Gasteiger partial charge in [-0.2, -0.15) is 0 Å². The molecule has 0 aromatic heterocycles. The van der Waals surface area contributed by atoms with Crippen LogP contribution in [-0.4, -0.2) is 55.2 Å². The van der Waals surface area contributed by atoms with Crippen molar-refractivity contribution in [2.45, 2.75) is 37.9 Å². The number of aliphatic carboxylic acids is 1. The maximum atomic E-state index is 12.3. The summed E-state index contributed by atoms with van der Waals surface area (Å²) in [5.41, 5.74) is 0. The monoisotopic (exact) mass is 307 g/mol. The van der Waals surface area contributed by atoms with Gasteiger partial charge in [-0.15, -0.1) is 0 Å². The lowest BCUT2D eigenvalue weighted by Crippen LogP contribution is -2.41. The van der Waals surface area contributed by atoms with Crippen molar-refractivity contribution in [3.63, 3.8) is 0 Å². The Morgan fingerprint density at radius 2 is 2.00 bits per heavy atom. The number of rotatable bonds is 7. The van der Waals surface area contributed by atoms with E-state index in [1.807, 2.05) is 0 Å². The summed E-state index contributed by atoms with van der Waals surface area (Å²) in [6.07, 6.45) is 1.29. The Bertz CT molecular complexity index is 461. The zero-order chi connectivity index (χ0) is 15.3. The molecule has 0 aliphatic heterocycles. The SMILES string of the molecule is CCOC(=O)CCN(C)S(=O)(=O)C1CCCC1C(=O)O. The Morgan fingerprint density at radius 3 is 2.55 bits per heavy atom. The fourth-order valence-electron chi connectivity index (χ4n) is 2.41. The van der Waals surface area contributed by atoms with Crippen LogP contribution >= 0.6 is 0 Å². The standard InChI is InChI=1S/C12H21NO6S/c1-3-19-11(14)7-8-13(2)20(17,18)10-6-4-5-9(10)12(15)16/h9-10H,3-8H2,1-2H3,(H,15,16). The molecular formula is C12H21NO6S. The molecule has 0 aromatic carbocycles. The van der Waals surface area contributed by atoms with Crippen LogP contribution in [-0.2, 0) is 24.3 Å². The Balaban J connectivity index is 2.67. The number of carboxylic acid groups (broad SMARTS) is 1. The molecule has 0 heterocycles.